The number of amides is 1. The van der Waals surface area contributed by atoms with Crippen molar-refractivity contribution in [1.82, 2.24) is 10.2 Å². The summed E-state index contributed by atoms with van der Waals surface area (Å²) in [7, 11) is -2.94. The van der Waals surface area contributed by atoms with Gasteiger partial charge in [-0.2, -0.15) is 0 Å². The first-order valence-corrected chi connectivity index (χ1v) is 9.43. The molecular weight excluding hydrogens is 328 g/mol. The number of aromatic nitrogens is 2. The van der Waals surface area contributed by atoms with E-state index < -0.39 is 9.84 Å². The second-order valence-corrected chi connectivity index (χ2v) is 8.05. The Balaban J connectivity index is 1.63. The SMILES string of the molecule is Cc1ccccc1C(=O)Nc1ccc(NC2CCS(=O)(=O)C2)nn1. The summed E-state index contributed by atoms with van der Waals surface area (Å²) in [5.41, 5.74) is 1.46. The number of nitrogens with zero attached hydrogens (tertiary/aromatic N) is 2. The number of anilines is 2. The molecule has 0 spiro atoms. The fourth-order valence-electron chi connectivity index (χ4n) is 2.61. The smallest absolute Gasteiger partial charge is 0.257 e. The molecule has 3 rings (SSSR count). The zero-order chi connectivity index (χ0) is 17.2. The molecular formula is C16H18N4O3S. The summed E-state index contributed by atoms with van der Waals surface area (Å²) in [5, 5.41) is 13.7. The quantitative estimate of drug-likeness (QED) is 0.873. The van der Waals surface area contributed by atoms with Gasteiger partial charge in [-0.1, -0.05) is 18.2 Å². The zero-order valence-electron chi connectivity index (χ0n) is 13.2. The Hall–Kier alpha value is -2.48. The van der Waals surface area contributed by atoms with Gasteiger partial charge in [0.2, 0.25) is 0 Å². The van der Waals surface area contributed by atoms with E-state index in [9.17, 15) is 13.2 Å². The summed E-state index contributed by atoms with van der Waals surface area (Å²) in [6.45, 7) is 1.86. The summed E-state index contributed by atoms with van der Waals surface area (Å²) in [4.78, 5) is 12.2. The van der Waals surface area contributed by atoms with Gasteiger partial charge in [-0.3, -0.25) is 4.79 Å². The number of benzene rings is 1. The minimum atomic E-state index is -2.94. The first kappa shape index (κ1) is 16.4. The van der Waals surface area contributed by atoms with E-state index >= 15 is 0 Å². The van der Waals surface area contributed by atoms with Crippen LogP contribution in [0.25, 0.3) is 0 Å². The molecule has 1 aliphatic rings. The molecule has 8 heteroatoms. The number of hydrogen-bond donors (Lipinski definition) is 2. The van der Waals surface area contributed by atoms with E-state index in [4.69, 9.17) is 0 Å². The third kappa shape index (κ3) is 3.88. The number of carbonyl (C=O) groups excluding carboxylic acids is 1. The van der Waals surface area contributed by atoms with Gasteiger partial charge in [-0.05, 0) is 37.1 Å². The maximum Gasteiger partial charge on any atom is 0.257 e. The van der Waals surface area contributed by atoms with E-state index in [1.54, 1.807) is 24.3 Å². The van der Waals surface area contributed by atoms with Crippen molar-refractivity contribution in [2.75, 3.05) is 22.1 Å². The van der Waals surface area contributed by atoms with Crippen molar-refractivity contribution in [3.05, 3.63) is 47.5 Å². The van der Waals surface area contributed by atoms with Crippen molar-refractivity contribution in [1.29, 1.82) is 0 Å². The molecule has 1 aliphatic heterocycles. The number of nitrogens with one attached hydrogen (secondary N) is 2. The molecule has 1 aromatic heterocycles. The van der Waals surface area contributed by atoms with Gasteiger partial charge in [0.05, 0.1) is 11.5 Å². The van der Waals surface area contributed by atoms with E-state index in [2.05, 4.69) is 20.8 Å². The summed E-state index contributed by atoms with van der Waals surface area (Å²) < 4.78 is 22.9. The minimum Gasteiger partial charge on any atom is -0.365 e. The molecule has 1 aromatic carbocycles. The van der Waals surface area contributed by atoms with Crippen LogP contribution in [0.3, 0.4) is 0 Å². The average Bonchev–Trinajstić information content (AvgIpc) is 2.88. The topological polar surface area (TPSA) is 101 Å². The molecule has 24 heavy (non-hydrogen) atoms. The summed E-state index contributed by atoms with van der Waals surface area (Å²) in [5.74, 6) is 0.896. The molecule has 2 heterocycles. The molecule has 7 nitrogen and oxygen atoms in total. The molecule has 1 fully saturated rings. The Morgan fingerprint density at radius 3 is 2.46 bits per heavy atom. The Bertz CT molecular complexity index is 850. The highest BCUT2D eigenvalue weighted by atomic mass is 32.2. The molecule has 2 aromatic rings. The predicted octanol–water partition coefficient (Wildman–Crippen LogP) is 1.64. The number of aryl methyl sites for hydroxylation is 1. The largest absolute Gasteiger partial charge is 0.365 e. The highest BCUT2D eigenvalue weighted by Gasteiger charge is 2.27. The van der Waals surface area contributed by atoms with Crippen molar-refractivity contribution in [3.63, 3.8) is 0 Å². The molecule has 1 atom stereocenters. The number of carbonyl (C=O) groups is 1. The second-order valence-electron chi connectivity index (χ2n) is 5.82. The highest BCUT2D eigenvalue weighted by Crippen LogP contribution is 2.17. The van der Waals surface area contributed by atoms with Gasteiger partial charge in [0.15, 0.2) is 15.7 Å². The zero-order valence-corrected chi connectivity index (χ0v) is 14.0. The lowest BCUT2D eigenvalue weighted by atomic mass is 10.1. The van der Waals surface area contributed by atoms with Crippen molar-refractivity contribution < 1.29 is 13.2 Å². The fraction of sp³-hybridized carbons (Fsp3) is 0.312. The van der Waals surface area contributed by atoms with Crippen LogP contribution >= 0.6 is 0 Å². The molecule has 126 valence electrons. The lowest BCUT2D eigenvalue weighted by Gasteiger charge is -2.11. The van der Waals surface area contributed by atoms with Crippen LogP contribution in [-0.4, -0.2) is 42.1 Å². The fourth-order valence-corrected chi connectivity index (χ4v) is 4.28. The minimum absolute atomic E-state index is 0.112. The van der Waals surface area contributed by atoms with Crippen LogP contribution in [0.15, 0.2) is 36.4 Å². The van der Waals surface area contributed by atoms with E-state index in [1.807, 2.05) is 19.1 Å². The number of hydrogen-bond acceptors (Lipinski definition) is 6. The Morgan fingerprint density at radius 1 is 1.12 bits per heavy atom. The Kier molecular flexibility index (Phi) is 4.48. The van der Waals surface area contributed by atoms with Crippen molar-refractivity contribution in [2.24, 2.45) is 0 Å². The molecule has 2 N–H and O–H groups in total. The predicted molar refractivity (Wildman–Crippen MR) is 91.8 cm³/mol. The van der Waals surface area contributed by atoms with Gasteiger partial charge in [0.25, 0.3) is 5.91 Å². The van der Waals surface area contributed by atoms with E-state index in [1.165, 1.54) is 0 Å². The van der Waals surface area contributed by atoms with Crippen LogP contribution in [-0.2, 0) is 9.84 Å². The van der Waals surface area contributed by atoms with Crippen molar-refractivity contribution in [3.8, 4) is 0 Å². The molecule has 0 bridgehead atoms. The third-order valence-electron chi connectivity index (χ3n) is 3.88. The summed E-state index contributed by atoms with van der Waals surface area (Å²) in [6.07, 6.45) is 0.565. The van der Waals surface area contributed by atoms with Gasteiger partial charge in [-0.25, -0.2) is 8.42 Å². The van der Waals surface area contributed by atoms with Gasteiger partial charge in [0, 0.05) is 11.6 Å². The highest BCUT2D eigenvalue weighted by molar-refractivity contribution is 7.91. The Labute approximate surface area is 140 Å². The van der Waals surface area contributed by atoms with E-state index in [0.717, 1.165) is 5.56 Å². The van der Waals surface area contributed by atoms with Crippen LogP contribution in [0.1, 0.15) is 22.3 Å². The van der Waals surface area contributed by atoms with Crippen molar-refractivity contribution >= 4 is 27.4 Å². The maximum absolute atomic E-state index is 12.2. The number of rotatable bonds is 4. The van der Waals surface area contributed by atoms with Crippen molar-refractivity contribution in [2.45, 2.75) is 19.4 Å². The van der Waals surface area contributed by atoms with Gasteiger partial charge in [-0.15, -0.1) is 10.2 Å². The van der Waals surface area contributed by atoms with Crippen LogP contribution in [0.4, 0.5) is 11.6 Å². The third-order valence-corrected chi connectivity index (χ3v) is 5.65. The monoisotopic (exact) mass is 346 g/mol. The molecule has 0 saturated carbocycles. The lowest BCUT2D eigenvalue weighted by Crippen LogP contribution is -2.21. The standard InChI is InChI=1S/C16H18N4O3S/c1-11-4-2-3-5-13(11)16(21)18-15-7-6-14(19-20-15)17-12-8-9-24(22,23)10-12/h2-7,12H,8-10H2,1H3,(H,17,19)(H,18,20,21). The van der Waals surface area contributed by atoms with Gasteiger partial charge < -0.3 is 10.6 Å². The van der Waals surface area contributed by atoms with Crippen LogP contribution in [0.5, 0.6) is 0 Å². The Morgan fingerprint density at radius 2 is 1.83 bits per heavy atom. The van der Waals surface area contributed by atoms with E-state index in [-0.39, 0.29) is 23.5 Å². The van der Waals surface area contributed by atoms with Crippen LogP contribution in [0, 0.1) is 6.92 Å². The summed E-state index contributed by atoms with van der Waals surface area (Å²) >= 11 is 0. The van der Waals surface area contributed by atoms with E-state index in [0.29, 0.717) is 23.6 Å². The van der Waals surface area contributed by atoms with Gasteiger partial charge in [0.1, 0.15) is 5.82 Å². The maximum atomic E-state index is 12.2. The second kappa shape index (κ2) is 6.56. The molecule has 1 saturated heterocycles. The normalized spacial score (nSPS) is 19.0. The van der Waals surface area contributed by atoms with Gasteiger partial charge >= 0.3 is 0 Å². The lowest BCUT2D eigenvalue weighted by molar-refractivity contribution is 0.102. The molecule has 1 amide bonds. The molecule has 0 radical (unpaired) electrons. The van der Waals surface area contributed by atoms with Crippen LogP contribution in [0.2, 0.25) is 0 Å². The average molecular weight is 346 g/mol. The molecule has 0 aliphatic carbocycles. The first-order chi connectivity index (χ1) is 11.4. The van der Waals surface area contributed by atoms with Crippen LogP contribution < -0.4 is 10.6 Å². The number of sulfone groups is 1. The summed E-state index contributed by atoms with van der Waals surface area (Å²) in [6, 6.07) is 10.4. The molecule has 1 unspecified atom stereocenters. The first-order valence-electron chi connectivity index (χ1n) is 7.61.